The van der Waals surface area contributed by atoms with E-state index in [0.717, 1.165) is 6.92 Å². The van der Waals surface area contributed by atoms with Gasteiger partial charge in [-0.3, -0.25) is 101 Å². The van der Waals surface area contributed by atoms with Gasteiger partial charge >= 0.3 is 11.9 Å². The van der Waals surface area contributed by atoms with Crippen LogP contribution in [0.25, 0.3) is 21.8 Å². The molecule has 34 N–H and O–H groups in total. The van der Waals surface area contributed by atoms with Crippen molar-refractivity contribution >= 4 is 152 Å². The summed E-state index contributed by atoms with van der Waals surface area (Å²) < 4.78 is 0. The lowest BCUT2D eigenvalue weighted by Gasteiger charge is -2.29. The second-order valence-electron chi connectivity index (χ2n) is 36.5. The highest BCUT2D eigenvalue weighted by atomic mass is 16.4. The molecule has 0 unspecified atom stereocenters. The molecule has 0 radical (unpaired) electrons. The molecule has 2 aromatic heterocycles. The van der Waals surface area contributed by atoms with Gasteiger partial charge in [-0.2, -0.15) is 0 Å². The zero-order chi connectivity index (χ0) is 111. The number of hydrogen-bond donors (Lipinski definition) is 31. The summed E-state index contributed by atoms with van der Waals surface area (Å²) in [6.07, 6.45) is -0.156. The van der Waals surface area contributed by atoms with Crippen LogP contribution in [0.15, 0.2) is 85.2 Å². The third-order valence-electron chi connectivity index (χ3n) is 24.3. The summed E-state index contributed by atoms with van der Waals surface area (Å²) in [5.41, 5.74) is 19.0. The number of aliphatic carboxylic acids is 2. The molecule has 5 aromatic rings. The predicted molar refractivity (Wildman–Crippen MR) is 534 cm³/mol. The Labute approximate surface area is 857 Å². The van der Waals surface area contributed by atoms with Gasteiger partial charge in [-0.25, -0.2) is 4.79 Å². The van der Waals surface area contributed by atoms with Crippen LogP contribution in [0.4, 0.5) is 0 Å². The molecular weight excluding hydrogens is 1950 g/mol. The summed E-state index contributed by atoms with van der Waals surface area (Å²) in [7, 11) is 0. The molecule has 0 aliphatic rings. The quantitative estimate of drug-likeness (QED) is 0.0161. The molecule has 820 valence electrons. The van der Waals surface area contributed by atoms with E-state index in [4.69, 9.17) is 17.2 Å². The van der Waals surface area contributed by atoms with Crippen LogP contribution < -0.4 is 118 Å². The molecular formula is C96H142N24O29. The molecule has 19 atom stereocenters. The number of para-hydroxylation sites is 2. The first-order chi connectivity index (χ1) is 70.5. The minimum absolute atomic E-state index is 0.0314. The number of rotatable bonds is 66. The summed E-state index contributed by atoms with van der Waals surface area (Å²) in [6.45, 7) is 8.50. The first-order valence-corrected chi connectivity index (χ1v) is 48.7. The number of nitrogens with two attached hydrogens (primary N) is 3. The highest BCUT2D eigenvalue weighted by Gasteiger charge is 2.41. The van der Waals surface area contributed by atoms with Crippen molar-refractivity contribution in [1.82, 2.24) is 111 Å². The number of unbranched alkanes of at least 4 members (excludes halogenated alkanes) is 1. The fraction of sp³-hybridized carbons (Fsp3) is 0.542. The molecule has 53 nitrogen and oxygen atoms in total. The number of carbonyl (C=O) groups is 22. The average Bonchev–Trinajstić information content (AvgIpc) is 1.68. The number of phenolic OH excluding ortho intramolecular Hbond substituents is 1. The number of amides is 20. The molecule has 20 amide bonds. The van der Waals surface area contributed by atoms with Crippen molar-refractivity contribution < 1.29 is 141 Å². The van der Waals surface area contributed by atoms with E-state index in [-0.39, 0.29) is 63.0 Å². The number of nitrogens with one attached hydrogen (secondary N) is 21. The highest BCUT2D eigenvalue weighted by Crippen LogP contribution is 2.24. The Balaban J connectivity index is 1.22. The zero-order valence-electron chi connectivity index (χ0n) is 84.5. The third kappa shape index (κ3) is 41.1. The number of H-pyrrole nitrogens is 2. The lowest BCUT2D eigenvalue weighted by atomic mass is 9.95. The second-order valence-corrected chi connectivity index (χ2v) is 36.5. The van der Waals surface area contributed by atoms with Gasteiger partial charge in [0.25, 0.3) is 0 Å². The number of fused-ring (bicyclic) bond motifs is 2. The number of primary amides is 1. The Morgan fingerprint density at radius 3 is 1.18 bits per heavy atom. The van der Waals surface area contributed by atoms with Crippen LogP contribution in [0.3, 0.4) is 0 Å². The number of carbonyl (C=O) groups excluding carboxylic acids is 20. The van der Waals surface area contributed by atoms with E-state index in [2.05, 4.69) is 111 Å². The summed E-state index contributed by atoms with van der Waals surface area (Å²) in [4.78, 5) is 306. The minimum Gasteiger partial charge on any atom is -0.508 e. The van der Waals surface area contributed by atoms with E-state index in [9.17, 15) is 141 Å². The Morgan fingerprint density at radius 1 is 0.356 bits per heavy atom. The fourth-order valence-electron chi connectivity index (χ4n) is 15.2. The summed E-state index contributed by atoms with van der Waals surface area (Å²) >= 11 is 0. The van der Waals surface area contributed by atoms with Crippen LogP contribution in [0.5, 0.6) is 5.75 Å². The maximum Gasteiger partial charge on any atom is 0.328 e. The van der Waals surface area contributed by atoms with Crippen molar-refractivity contribution in [2.75, 3.05) is 59.1 Å². The summed E-state index contributed by atoms with van der Waals surface area (Å²) in [6, 6.07) is -5.46. The van der Waals surface area contributed by atoms with Gasteiger partial charge in [0.2, 0.25) is 118 Å². The van der Waals surface area contributed by atoms with Crippen molar-refractivity contribution in [3.8, 4) is 5.75 Å². The first kappa shape index (κ1) is 124. The molecule has 3 aromatic carbocycles. The molecule has 5 rings (SSSR count). The number of aromatic hydroxyl groups is 1. The molecule has 0 aliphatic carbocycles. The van der Waals surface area contributed by atoms with Crippen LogP contribution >= 0.6 is 0 Å². The Kier molecular flexibility index (Phi) is 52.1. The van der Waals surface area contributed by atoms with Crippen LogP contribution in [-0.4, -0.2) is 332 Å². The molecule has 0 bridgehead atoms. The third-order valence-corrected chi connectivity index (χ3v) is 24.3. The van der Waals surface area contributed by atoms with E-state index in [1.54, 1.807) is 110 Å². The van der Waals surface area contributed by atoms with Crippen molar-refractivity contribution in [1.29, 1.82) is 0 Å². The number of aliphatic hydroxyl groups is 4. The second kappa shape index (κ2) is 62.6. The maximum atomic E-state index is 14.9. The molecule has 0 spiro atoms. The maximum absolute atomic E-state index is 14.9. The molecule has 0 aliphatic heterocycles. The Morgan fingerprint density at radius 2 is 0.718 bits per heavy atom. The average molecular weight is 2100 g/mol. The number of hydrogen-bond acceptors (Lipinski definition) is 29. The van der Waals surface area contributed by atoms with E-state index in [1.165, 1.54) is 37.4 Å². The van der Waals surface area contributed by atoms with E-state index >= 15 is 0 Å². The van der Waals surface area contributed by atoms with Crippen LogP contribution in [0.2, 0.25) is 0 Å². The molecule has 53 heteroatoms. The zero-order valence-corrected chi connectivity index (χ0v) is 84.5. The Hall–Kier alpha value is -15.4. The highest BCUT2D eigenvalue weighted by molar-refractivity contribution is 6.03. The van der Waals surface area contributed by atoms with E-state index < -0.39 is 316 Å². The van der Waals surface area contributed by atoms with Crippen molar-refractivity contribution in [2.45, 2.75) is 249 Å². The Bertz CT molecular complexity index is 5460. The number of carboxylic acids is 2. The van der Waals surface area contributed by atoms with Gasteiger partial charge in [0, 0.05) is 59.9 Å². The van der Waals surface area contributed by atoms with Gasteiger partial charge in [-0.15, -0.1) is 0 Å². The lowest BCUT2D eigenvalue weighted by molar-refractivity contribution is -0.143. The molecule has 0 saturated heterocycles. The van der Waals surface area contributed by atoms with Crippen molar-refractivity contribution in [2.24, 2.45) is 40.9 Å². The largest absolute Gasteiger partial charge is 0.508 e. The first-order valence-electron chi connectivity index (χ1n) is 48.7. The minimum atomic E-state index is -2.04. The summed E-state index contributed by atoms with van der Waals surface area (Å²) in [5, 5.41) is 117. The monoisotopic (exact) mass is 2100 g/mol. The van der Waals surface area contributed by atoms with Gasteiger partial charge in [-0.05, 0) is 117 Å². The number of aromatic amines is 2. The smallest absolute Gasteiger partial charge is 0.328 e. The van der Waals surface area contributed by atoms with Gasteiger partial charge in [-0.1, -0.05) is 123 Å². The standard InChI is InChI=1S/C96H142N24O29/c1-11-48(6)78(118-89(141)66(35-55-39-101-60-23-17-15-21-58(55)60)113-85(137)62(29-30-77(132)133)111-87(139)63(32-47(4)5)108-73(128)40-102-83(135)61(24-18-19-31-97)107-72(127)37-98)92(144)105-43-76(131)117-80(50(8)13-3)94(146)119-79(49(7)12-2)93(145)104-42-75(130)110-69(45-122)91(143)115-68(44-121)84(136)103-41-74(129)109-67(36-71(99)126)90(142)120-81(52(10)124)95(147)114-65(34-54-38-100-59-22-16-14-20-57(54)59)88(140)112-64(33-53-25-27-56(125)28-26-53)86(138)106-51(9)82(134)116-70(46-123)96(148)149/h14-17,20-23,25-28,38-39,47-52,61-70,78-81,100-101,121-125H,11-13,18-19,24,29-37,40-46,97-98H2,1-10H3,(H2,99,126)(H,102,135)(H,103,136)(H,104,145)(H,105,144)(H,106,138)(H,107,127)(H,108,128)(H,109,129)(H,110,130)(H,111,139)(H,112,140)(H,113,137)(H,114,147)(H,115,143)(H,116,134)(H,117,131)(H,118,141)(H,119,146)(H,120,142)(H,132,133)(H,148,149)/t48-,49-,50-,51-,52+,61-,62-,63-,64-,65-,66-,67-,68-,69-,70-,78-,79-,80-,81-/m0/s1. The van der Waals surface area contributed by atoms with E-state index in [0.29, 0.717) is 57.9 Å². The van der Waals surface area contributed by atoms with Crippen LogP contribution in [0.1, 0.15) is 150 Å². The fourth-order valence-corrected chi connectivity index (χ4v) is 15.2. The molecule has 0 fully saturated rings. The van der Waals surface area contributed by atoms with Crippen LogP contribution in [0, 0.1) is 23.7 Å². The van der Waals surface area contributed by atoms with Gasteiger partial charge in [0.15, 0.2) is 0 Å². The number of aromatic nitrogens is 2. The van der Waals surface area contributed by atoms with Gasteiger partial charge < -0.3 is 164 Å². The summed E-state index contributed by atoms with van der Waals surface area (Å²) in [5.74, 6) is -26.4. The molecule has 149 heavy (non-hydrogen) atoms. The number of benzene rings is 3. The van der Waals surface area contributed by atoms with Crippen molar-refractivity contribution in [3.05, 3.63) is 102 Å². The predicted octanol–water partition coefficient (Wildman–Crippen LogP) is -8.41. The van der Waals surface area contributed by atoms with Crippen LogP contribution in [-0.2, 0) is 125 Å². The number of aliphatic hydroxyl groups excluding tert-OH is 4. The van der Waals surface area contributed by atoms with Crippen molar-refractivity contribution in [3.63, 3.8) is 0 Å². The topological polar surface area (TPSA) is 855 Å². The number of phenols is 1. The lowest BCUT2D eigenvalue weighted by Crippen LogP contribution is -2.62. The molecule has 2 heterocycles. The number of carboxylic acid groups (broad SMARTS) is 2. The van der Waals surface area contributed by atoms with E-state index in [1.807, 2.05) is 0 Å². The molecule has 0 saturated carbocycles. The normalized spacial score (nSPS) is 15.0. The van der Waals surface area contributed by atoms with Gasteiger partial charge in [0.1, 0.15) is 96.4 Å². The SMILES string of the molecule is CC[C@H](C)[C@H](NC(=O)CNC(=O)[C@@H](NC(=O)[C@H](Cc1c[nH]c2ccccc12)NC(=O)[C@H](CCC(=O)O)NC(=O)[C@H](CC(C)C)NC(=O)CNC(=O)[C@H](CCCCN)NC(=O)CN)[C@@H](C)CC)C(=O)N[C@H](C(=O)NCC(=O)N[C@@H](CO)C(=O)N[C@@H](CO)C(=O)NCC(=O)N[C@@H](CC(N)=O)C(=O)N[C@H](C(=O)N[C@@H](Cc1c[nH]c2ccccc12)C(=O)N[C@@H](Cc1ccc(O)cc1)C(=O)N[C@@H](C)C(=O)N[C@@H](CO)C(=O)O)[C@@H](C)O)[C@@H](C)CC. The van der Waals surface area contributed by atoms with Gasteiger partial charge in [0.05, 0.1) is 65.1 Å².